The predicted molar refractivity (Wildman–Crippen MR) is 134 cm³/mol. The number of rotatable bonds is 8. The first kappa shape index (κ1) is 25.5. The SMILES string of the molecule is O=C(NCCc1ccccc1)C(=Cc1ccc(-c2cccc(C(F)(F)F)c2)o1)NC(=O)c1ccccc1. The molecule has 0 saturated carbocycles. The summed E-state index contributed by atoms with van der Waals surface area (Å²) >= 11 is 0. The van der Waals surface area contributed by atoms with Crippen molar-refractivity contribution < 1.29 is 27.2 Å². The van der Waals surface area contributed by atoms with Crippen LogP contribution in [0.1, 0.15) is 27.2 Å². The van der Waals surface area contributed by atoms with Crippen molar-refractivity contribution in [3.05, 3.63) is 125 Å². The molecule has 0 aliphatic carbocycles. The highest BCUT2D eigenvalue weighted by Gasteiger charge is 2.30. The molecule has 0 radical (unpaired) electrons. The van der Waals surface area contributed by atoms with Gasteiger partial charge in [0.05, 0.1) is 5.56 Å². The summed E-state index contributed by atoms with van der Waals surface area (Å²) in [5, 5.41) is 5.39. The maximum Gasteiger partial charge on any atom is 0.416 e. The summed E-state index contributed by atoms with van der Waals surface area (Å²) in [6.07, 6.45) is -2.55. The summed E-state index contributed by atoms with van der Waals surface area (Å²) in [7, 11) is 0. The molecule has 3 aromatic carbocycles. The maximum atomic E-state index is 13.1. The Morgan fingerprint density at radius 2 is 1.54 bits per heavy atom. The highest BCUT2D eigenvalue weighted by atomic mass is 19.4. The molecule has 1 aromatic heterocycles. The first-order valence-electron chi connectivity index (χ1n) is 11.5. The van der Waals surface area contributed by atoms with Gasteiger partial charge in [-0.3, -0.25) is 9.59 Å². The number of amides is 2. The number of halogens is 3. The quantitative estimate of drug-likeness (QED) is 0.285. The zero-order chi connectivity index (χ0) is 26.3. The first-order valence-corrected chi connectivity index (χ1v) is 11.5. The average molecular weight is 505 g/mol. The van der Waals surface area contributed by atoms with Crippen LogP contribution in [0.2, 0.25) is 0 Å². The zero-order valence-electron chi connectivity index (χ0n) is 19.6. The van der Waals surface area contributed by atoms with E-state index in [1.165, 1.54) is 30.3 Å². The van der Waals surface area contributed by atoms with E-state index in [0.717, 1.165) is 17.7 Å². The smallest absolute Gasteiger partial charge is 0.416 e. The van der Waals surface area contributed by atoms with E-state index in [1.54, 1.807) is 30.3 Å². The summed E-state index contributed by atoms with van der Waals surface area (Å²) in [6, 6.07) is 25.8. The van der Waals surface area contributed by atoms with E-state index in [1.807, 2.05) is 30.3 Å². The van der Waals surface area contributed by atoms with Crippen LogP contribution >= 0.6 is 0 Å². The molecule has 0 aliphatic rings. The molecule has 2 N–H and O–H groups in total. The Labute approximate surface area is 211 Å². The lowest BCUT2D eigenvalue weighted by atomic mass is 10.1. The van der Waals surface area contributed by atoms with Crippen molar-refractivity contribution in [3.8, 4) is 11.3 Å². The molecule has 0 unspecified atom stereocenters. The minimum absolute atomic E-state index is 0.0631. The van der Waals surface area contributed by atoms with Crippen LogP contribution in [0.15, 0.2) is 107 Å². The van der Waals surface area contributed by atoms with Crippen LogP contribution < -0.4 is 10.6 Å². The van der Waals surface area contributed by atoms with Crippen molar-refractivity contribution in [1.29, 1.82) is 0 Å². The molecule has 4 aromatic rings. The third-order valence-electron chi connectivity index (χ3n) is 5.46. The number of hydrogen-bond donors (Lipinski definition) is 2. The molecule has 0 bridgehead atoms. The fourth-order valence-corrected chi connectivity index (χ4v) is 3.58. The van der Waals surface area contributed by atoms with Gasteiger partial charge in [-0.1, -0.05) is 60.7 Å². The number of nitrogens with one attached hydrogen (secondary N) is 2. The Hall–Kier alpha value is -4.59. The highest BCUT2D eigenvalue weighted by molar-refractivity contribution is 6.05. The normalized spacial score (nSPS) is 11.7. The summed E-state index contributed by atoms with van der Waals surface area (Å²) in [5.74, 6) is -0.642. The molecule has 0 saturated heterocycles. The van der Waals surface area contributed by atoms with Crippen LogP contribution in [0.5, 0.6) is 0 Å². The minimum atomic E-state index is -4.49. The van der Waals surface area contributed by atoms with Gasteiger partial charge in [-0.2, -0.15) is 13.2 Å². The van der Waals surface area contributed by atoms with Crippen LogP contribution in [0.4, 0.5) is 13.2 Å². The second-order valence-corrected chi connectivity index (χ2v) is 8.15. The van der Waals surface area contributed by atoms with Gasteiger partial charge in [0.1, 0.15) is 17.2 Å². The number of carbonyl (C=O) groups excluding carboxylic acids is 2. The molecule has 8 heteroatoms. The topological polar surface area (TPSA) is 71.3 Å². The fraction of sp³-hybridized carbons (Fsp3) is 0.103. The lowest BCUT2D eigenvalue weighted by molar-refractivity contribution is -0.137. The van der Waals surface area contributed by atoms with Crippen LogP contribution in [-0.4, -0.2) is 18.4 Å². The number of carbonyl (C=O) groups is 2. The van der Waals surface area contributed by atoms with E-state index < -0.39 is 23.6 Å². The van der Waals surface area contributed by atoms with Gasteiger partial charge in [-0.25, -0.2) is 0 Å². The van der Waals surface area contributed by atoms with Crippen LogP contribution in [0.3, 0.4) is 0 Å². The summed E-state index contributed by atoms with van der Waals surface area (Å²) < 4.78 is 45.0. The Balaban J connectivity index is 1.55. The largest absolute Gasteiger partial charge is 0.457 e. The minimum Gasteiger partial charge on any atom is -0.457 e. The van der Waals surface area contributed by atoms with E-state index in [0.29, 0.717) is 18.5 Å². The van der Waals surface area contributed by atoms with Gasteiger partial charge >= 0.3 is 6.18 Å². The van der Waals surface area contributed by atoms with Gasteiger partial charge in [0.15, 0.2) is 0 Å². The summed E-state index contributed by atoms with van der Waals surface area (Å²) in [5.41, 5.74) is 0.767. The van der Waals surface area contributed by atoms with Crippen molar-refractivity contribution in [3.63, 3.8) is 0 Å². The predicted octanol–water partition coefficient (Wildman–Crippen LogP) is 6.10. The number of benzene rings is 3. The summed E-state index contributed by atoms with van der Waals surface area (Å²) in [4.78, 5) is 25.7. The molecule has 1 heterocycles. The van der Waals surface area contributed by atoms with Gasteiger partial charge in [0, 0.05) is 23.7 Å². The van der Waals surface area contributed by atoms with E-state index in [9.17, 15) is 22.8 Å². The van der Waals surface area contributed by atoms with Crippen molar-refractivity contribution >= 4 is 17.9 Å². The number of hydrogen-bond acceptors (Lipinski definition) is 3. The third kappa shape index (κ3) is 6.98. The Morgan fingerprint density at radius 1 is 0.838 bits per heavy atom. The Bertz CT molecular complexity index is 1390. The van der Waals surface area contributed by atoms with Gasteiger partial charge in [0.25, 0.3) is 11.8 Å². The molecular weight excluding hydrogens is 481 g/mol. The molecule has 2 amide bonds. The van der Waals surface area contributed by atoms with Crippen molar-refractivity contribution in [2.24, 2.45) is 0 Å². The molecular formula is C29H23F3N2O3. The number of furan rings is 1. The van der Waals surface area contributed by atoms with E-state index in [4.69, 9.17) is 4.42 Å². The lowest BCUT2D eigenvalue weighted by Gasteiger charge is -2.11. The van der Waals surface area contributed by atoms with Crippen molar-refractivity contribution in [1.82, 2.24) is 10.6 Å². The van der Waals surface area contributed by atoms with Gasteiger partial charge < -0.3 is 15.1 Å². The lowest BCUT2D eigenvalue weighted by Crippen LogP contribution is -2.35. The molecule has 0 spiro atoms. The Morgan fingerprint density at radius 3 is 2.24 bits per heavy atom. The maximum absolute atomic E-state index is 13.1. The molecule has 37 heavy (non-hydrogen) atoms. The monoisotopic (exact) mass is 504 g/mol. The molecule has 5 nitrogen and oxygen atoms in total. The summed E-state index contributed by atoms with van der Waals surface area (Å²) in [6.45, 7) is 0.328. The van der Waals surface area contributed by atoms with Crippen molar-refractivity contribution in [2.45, 2.75) is 12.6 Å². The molecule has 0 aliphatic heterocycles. The van der Waals surface area contributed by atoms with E-state index >= 15 is 0 Å². The molecule has 0 atom stereocenters. The second kappa shape index (κ2) is 11.4. The Kier molecular flexibility index (Phi) is 7.88. The van der Waals surface area contributed by atoms with Crippen molar-refractivity contribution in [2.75, 3.05) is 6.54 Å². The average Bonchev–Trinajstić information content (AvgIpc) is 3.37. The molecule has 4 rings (SSSR count). The fourth-order valence-electron chi connectivity index (χ4n) is 3.58. The zero-order valence-corrected chi connectivity index (χ0v) is 19.6. The standard InChI is InChI=1S/C29H23F3N2O3/c30-29(31,32)23-13-7-12-22(18-23)26-15-14-24(37-26)19-25(34-27(35)21-10-5-2-6-11-21)28(36)33-17-16-20-8-3-1-4-9-20/h1-15,18-19H,16-17H2,(H,33,36)(H,34,35). The first-order chi connectivity index (χ1) is 17.8. The van der Waals surface area contributed by atoms with Crippen LogP contribution in [0, 0.1) is 0 Å². The van der Waals surface area contributed by atoms with E-state index in [2.05, 4.69) is 10.6 Å². The van der Waals surface area contributed by atoms with Crippen LogP contribution in [0.25, 0.3) is 17.4 Å². The number of alkyl halides is 3. The molecule has 0 fully saturated rings. The van der Waals surface area contributed by atoms with Gasteiger partial charge in [0.2, 0.25) is 0 Å². The van der Waals surface area contributed by atoms with Gasteiger partial charge in [-0.05, 0) is 48.4 Å². The van der Waals surface area contributed by atoms with Gasteiger partial charge in [-0.15, -0.1) is 0 Å². The molecule has 188 valence electrons. The highest BCUT2D eigenvalue weighted by Crippen LogP contribution is 2.32. The van der Waals surface area contributed by atoms with E-state index in [-0.39, 0.29) is 22.8 Å². The van der Waals surface area contributed by atoms with Crippen LogP contribution in [-0.2, 0) is 17.4 Å². The second-order valence-electron chi connectivity index (χ2n) is 8.15. The third-order valence-corrected chi connectivity index (χ3v) is 5.46.